The van der Waals surface area contributed by atoms with E-state index in [0.717, 1.165) is 107 Å². The molecule has 5 aromatic carbocycles. The van der Waals surface area contributed by atoms with Gasteiger partial charge in [-0.05, 0) is 102 Å². The zero-order valence-corrected chi connectivity index (χ0v) is 54.4. The Hall–Kier alpha value is -13.8. The first-order valence-corrected chi connectivity index (χ1v) is 31.4. The van der Waals surface area contributed by atoms with Crippen LogP contribution in [0.3, 0.4) is 0 Å². The lowest BCUT2D eigenvalue weighted by Crippen LogP contribution is -1.90. The summed E-state index contributed by atoms with van der Waals surface area (Å²) in [5.41, 5.74) is 20.0. The molecule has 0 saturated heterocycles. The molecule has 0 saturated carbocycles. The number of aromatic nitrogens is 18. The number of H-pyrrole nitrogens is 2. The molecule has 19 heteroatoms. The van der Waals surface area contributed by atoms with Crippen LogP contribution in [-0.4, -0.2) is 93.6 Å². The first-order valence-electron chi connectivity index (χ1n) is 31.4. The average Bonchev–Trinajstić information content (AvgIpc) is 1.74. The number of imidazole rings is 5. The molecule has 0 aliphatic heterocycles. The third-order valence-electron chi connectivity index (χ3n) is 14.9. The third-order valence-corrected chi connectivity index (χ3v) is 14.9. The second-order valence-electron chi connectivity index (χ2n) is 21.7. The maximum Gasteiger partial charge on any atom is 0.314 e. The highest BCUT2D eigenvalue weighted by Crippen LogP contribution is 2.28. The number of aromatic amines is 2. The van der Waals surface area contributed by atoms with Crippen LogP contribution >= 0.6 is 0 Å². The van der Waals surface area contributed by atoms with Gasteiger partial charge in [-0.25, -0.2) is 49.8 Å². The quantitative estimate of drug-likeness (QED) is 0.0866. The third kappa shape index (κ3) is 19.2. The highest BCUT2D eigenvalue weighted by atomic mass is 16.3. The molecule has 15 rings (SSSR count). The van der Waals surface area contributed by atoms with Crippen molar-refractivity contribution in [1.29, 1.82) is 0 Å². The van der Waals surface area contributed by atoms with Gasteiger partial charge in [0.15, 0.2) is 0 Å². The highest BCUT2D eigenvalue weighted by Gasteiger charge is 2.12. The molecule has 0 aliphatic rings. The van der Waals surface area contributed by atoms with Gasteiger partial charge in [0, 0.05) is 92.3 Å². The van der Waals surface area contributed by atoms with Crippen LogP contribution < -0.4 is 0 Å². The van der Waals surface area contributed by atoms with E-state index in [1.54, 1.807) is 68.6 Å². The maximum atomic E-state index is 9.28. The summed E-state index contributed by atoms with van der Waals surface area (Å²) in [6.45, 7) is 0. The molecule has 0 atom stereocenters. The van der Waals surface area contributed by atoms with Gasteiger partial charge in [0.25, 0.3) is 0 Å². The van der Waals surface area contributed by atoms with Crippen LogP contribution in [0.2, 0.25) is 0 Å². The summed E-state index contributed by atoms with van der Waals surface area (Å²) in [5.74, 6) is 0. The molecular formula is C80H68N18O. The lowest BCUT2D eigenvalue weighted by Gasteiger charge is -2.01. The Balaban J connectivity index is 0.000000125. The van der Waals surface area contributed by atoms with Crippen LogP contribution in [0.25, 0.3) is 117 Å². The van der Waals surface area contributed by atoms with E-state index in [1.807, 2.05) is 248 Å². The normalized spacial score (nSPS) is 11.0. The molecule has 10 heterocycles. The minimum Gasteiger partial charge on any atom is -0.479 e. The van der Waals surface area contributed by atoms with Gasteiger partial charge in [-0.15, -0.1) is 0 Å². The molecule has 0 aliphatic carbocycles. The van der Waals surface area contributed by atoms with Gasteiger partial charge >= 0.3 is 6.01 Å². The van der Waals surface area contributed by atoms with Crippen LogP contribution in [0.5, 0.6) is 6.01 Å². The van der Waals surface area contributed by atoms with E-state index < -0.39 is 0 Å². The highest BCUT2D eigenvalue weighted by molar-refractivity contribution is 5.81. The fraction of sp³-hybridized carbons (Fsp3) is 0.0375. The van der Waals surface area contributed by atoms with Gasteiger partial charge < -0.3 is 28.8 Å². The lowest BCUT2D eigenvalue weighted by molar-refractivity contribution is 0.430. The Bertz CT molecular complexity index is 4780. The monoisotopic (exact) mass is 1300 g/mol. The standard InChI is InChI=1S/C17H15N3.C16H14N4O.C16H14N4.C16H13N3.C15H12N4/c1-20-13-19-17(15-5-3-2-4-6-15)16(20)8-7-14-9-11-18-12-10-14;1-20-11-18-15(12-5-3-2-4-6-12)14(20)8-7-13-9-10-17-16(21)19-13;1-20-12-19-16(13-5-3-2-4-6-13)15(20)8-7-14-9-10-17-11-18-14;1-2-4-14(5-3-1)16-15(18-12-19-16)7-6-13-8-10-17-11-9-13;1-2-4-12(5-3-1)15-14(18-11-19-15)7-6-13-8-9-16-10-17-13/h2-13H,1H3;2-11H,1H3,(H,17,19,21);2-12H,1H3;1-12H,(H,18,19);1-11H,(H,18,19). The molecule has 0 amide bonds. The maximum absolute atomic E-state index is 9.28. The molecule has 10 aromatic heterocycles. The molecule has 19 nitrogen and oxygen atoms in total. The van der Waals surface area contributed by atoms with Crippen molar-refractivity contribution in [3.05, 3.63) is 338 Å². The topological polar surface area (TPSA) is 234 Å². The summed E-state index contributed by atoms with van der Waals surface area (Å²) in [6, 6.07) is 63.7. The predicted octanol–water partition coefficient (Wildman–Crippen LogP) is 16.1. The van der Waals surface area contributed by atoms with Crippen molar-refractivity contribution >= 4 is 60.8 Å². The molecule has 0 unspecified atom stereocenters. The van der Waals surface area contributed by atoms with Crippen LogP contribution in [-0.2, 0) is 21.1 Å². The van der Waals surface area contributed by atoms with E-state index >= 15 is 0 Å². The van der Waals surface area contributed by atoms with Crippen LogP contribution in [0.1, 0.15) is 56.7 Å². The molecule has 15 aromatic rings. The van der Waals surface area contributed by atoms with Crippen molar-refractivity contribution < 1.29 is 5.11 Å². The van der Waals surface area contributed by atoms with E-state index in [9.17, 15) is 5.11 Å². The number of aryl methyl sites for hydroxylation is 3. The van der Waals surface area contributed by atoms with Crippen LogP contribution in [0.15, 0.2) is 282 Å². The lowest BCUT2D eigenvalue weighted by atomic mass is 10.1. The van der Waals surface area contributed by atoms with E-state index in [4.69, 9.17) is 0 Å². The van der Waals surface area contributed by atoms with E-state index in [1.165, 1.54) is 12.5 Å². The summed E-state index contributed by atoms with van der Waals surface area (Å²) in [6.07, 6.45) is 43.9. The molecule has 0 spiro atoms. The van der Waals surface area contributed by atoms with Crippen molar-refractivity contribution in [3.8, 4) is 62.3 Å². The number of nitrogens with zero attached hydrogens (tertiary/aromatic N) is 16. The Kier molecular flexibility index (Phi) is 23.5. The van der Waals surface area contributed by atoms with Gasteiger partial charge in [-0.2, -0.15) is 4.98 Å². The molecule has 484 valence electrons. The second kappa shape index (κ2) is 34.9. The summed E-state index contributed by atoms with van der Waals surface area (Å²) in [4.78, 5) is 60.2. The summed E-state index contributed by atoms with van der Waals surface area (Å²) < 4.78 is 5.97. The van der Waals surface area contributed by atoms with Gasteiger partial charge in [-0.3, -0.25) is 9.97 Å². The summed E-state index contributed by atoms with van der Waals surface area (Å²) in [5, 5.41) is 9.28. The smallest absolute Gasteiger partial charge is 0.314 e. The molecule has 0 radical (unpaired) electrons. The molecule has 0 bridgehead atoms. The minimum absolute atomic E-state index is 0.231. The Labute approximate surface area is 573 Å². The number of rotatable bonds is 15. The largest absolute Gasteiger partial charge is 0.479 e. The molecule has 3 N–H and O–H groups in total. The number of hydrogen-bond donors (Lipinski definition) is 3. The Morgan fingerprint density at radius 2 is 0.616 bits per heavy atom. The first kappa shape index (κ1) is 66.6. The number of aromatic hydroxyl groups is 1. The minimum atomic E-state index is -0.231. The molecular weight excluding hydrogens is 1230 g/mol. The van der Waals surface area contributed by atoms with Crippen molar-refractivity contribution in [2.45, 2.75) is 0 Å². The SMILES string of the molecule is C(=Cc1[nH]cnc1-c1ccccc1)c1ccncc1.C(=Cc1[nH]cnc1-c1ccccc1)c1ccncn1.Cn1cnc(-c2ccccc2)c1C=Cc1ccnc(O)n1.Cn1cnc(-c2ccccc2)c1C=Cc1ccncc1.Cn1cnc(-c2ccccc2)c1C=Cc1ccncn1. The van der Waals surface area contributed by atoms with Crippen molar-refractivity contribution in [3.63, 3.8) is 0 Å². The van der Waals surface area contributed by atoms with Gasteiger partial charge in [0.05, 0.1) is 106 Å². The number of hydrogen-bond acceptors (Lipinski definition) is 14. The van der Waals surface area contributed by atoms with Crippen LogP contribution in [0.4, 0.5) is 0 Å². The van der Waals surface area contributed by atoms with Gasteiger partial charge in [-0.1, -0.05) is 164 Å². The van der Waals surface area contributed by atoms with E-state index in [2.05, 4.69) is 123 Å². The number of nitrogens with one attached hydrogen (secondary N) is 2. The summed E-state index contributed by atoms with van der Waals surface area (Å²) >= 11 is 0. The zero-order valence-electron chi connectivity index (χ0n) is 54.4. The molecule has 0 fully saturated rings. The second-order valence-corrected chi connectivity index (χ2v) is 21.7. The fourth-order valence-corrected chi connectivity index (χ4v) is 9.93. The Morgan fingerprint density at radius 3 is 0.990 bits per heavy atom. The van der Waals surface area contributed by atoms with Crippen molar-refractivity contribution in [1.82, 2.24) is 88.5 Å². The van der Waals surface area contributed by atoms with Gasteiger partial charge in [0.2, 0.25) is 0 Å². The zero-order chi connectivity index (χ0) is 68.1. The van der Waals surface area contributed by atoms with Crippen molar-refractivity contribution in [2.24, 2.45) is 21.1 Å². The van der Waals surface area contributed by atoms with Crippen molar-refractivity contribution in [2.75, 3.05) is 0 Å². The first-order chi connectivity index (χ1) is 48.8. The van der Waals surface area contributed by atoms with Gasteiger partial charge in [0.1, 0.15) is 12.7 Å². The predicted molar refractivity (Wildman–Crippen MR) is 395 cm³/mol. The number of benzene rings is 5. The average molecular weight is 1300 g/mol. The molecule has 99 heavy (non-hydrogen) atoms. The fourth-order valence-electron chi connectivity index (χ4n) is 9.93. The van der Waals surface area contributed by atoms with E-state index in [0.29, 0.717) is 5.69 Å². The number of pyridine rings is 2. The Morgan fingerprint density at radius 1 is 0.293 bits per heavy atom. The summed E-state index contributed by atoms with van der Waals surface area (Å²) in [7, 11) is 5.93. The van der Waals surface area contributed by atoms with Crippen LogP contribution in [0, 0.1) is 0 Å². The van der Waals surface area contributed by atoms with E-state index in [-0.39, 0.29) is 6.01 Å².